The summed E-state index contributed by atoms with van der Waals surface area (Å²) >= 11 is 0. The van der Waals surface area contributed by atoms with E-state index < -0.39 is 0 Å². The monoisotopic (exact) mass is 376 g/mol. The maximum absolute atomic E-state index is 12.7. The molecule has 5 nitrogen and oxygen atoms in total. The van der Waals surface area contributed by atoms with Crippen LogP contribution in [0.15, 0.2) is 65.1 Å². The molecule has 5 heteroatoms. The van der Waals surface area contributed by atoms with Crippen molar-refractivity contribution in [2.45, 2.75) is 19.3 Å². The molecular formula is C23H24N2O3. The zero-order chi connectivity index (χ0) is 19.2. The summed E-state index contributed by atoms with van der Waals surface area (Å²) in [5, 5.41) is 0. The topological polar surface area (TPSA) is 55.6 Å². The summed E-state index contributed by atoms with van der Waals surface area (Å²) in [4.78, 5) is 19.4. The number of carbonyl (C=O) groups is 1. The second kappa shape index (κ2) is 8.85. The minimum atomic E-state index is -0.0577. The van der Waals surface area contributed by atoms with Crippen LogP contribution in [0, 0.1) is 0 Å². The molecule has 0 spiro atoms. The van der Waals surface area contributed by atoms with Gasteiger partial charge in [-0.1, -0.05) is 60.7 Å². The molecule has 144 valence electrons. The fourth-order valence-corrected chi connectivity index (χ4v) is 3.39. The largest absolute Gasteiger partial charge is 0.417 e. The first-order chi connectivity index (χ1) is 13.8. The summed E-state index contributed by atoms with van der Waals surface area (Å²) < 4.78 is 11.4. The highest BCUT2D eigenvalue weighted by molar-refractivity contribution is 5.92. The number of hydrogen-bond acceptors (Lipinski definition) is 5. The van der Waals surface area contributed by atoms with Crippen LogP contribution in [0.5, 0.6) is 0 Å². The lowest BCUT2D eigenvalue weighted by molar-refractivity contribution is 0.0948. The van der Waals surface area contributed by atoms with Crippen LogP contribution in [0.25, 0.3) is 0 Å². The van der Waals surface area contributed by atoms with Crippen molar-refractivity contribution in [2.75, 3.05) is 31.2 Å². The molecule has 0 atom stereocenters. The highest BCUT2D eigenvalue weighted by Crippen LogP contribution is 2.26. The summed E-state index contributed by atoms with van der Waals surface area (Å²) in [6.07, 6.45) is 1.71. The van der Waals surface area contributed by atoms with Gasteiger partial charge in [0.15, 0.2) is 0 Å². The zero-order valence-electron chi connectivity index (χ0n) is 15.8. The van der Waals surface area contributed by atoms with Crippen LogP contribution >= 0.6 is 0 Å². The molecule has 1 aromatic heterocycles. The van der Waals surface area contributed by atoms with Gasteiger partial charge in [-0.2, -0.15) is 0 Å². The van der Waals surface area contributed by atoms with Crippen molar-refractivity contribution in [3.63, 3.8) is 0 Å². The summed E-state index contributed by atoms with van der Waals surface area (Å²) in [5.41, 5.74) is 3.10. The van der Waals surface area contributed by atoms with E-state index in [1.165, 1.54) is 0 Å². The van der Waals surface area contributed by atoms with Crippen LogP contribution in [-0.4, -0.2) is 37.1 Å². The van der Waals surface area contributed by atoms with E-state index in [1.54, 1.807) is 0 Å². The van der Waals surface area contributed by atoms with Crippen LogP contribution in [-0.2, 0) is 17.6 Å². The molecular weight excluding hydrogens is 352 g/mol. The lowest BCUT2D eigenvalue weighted by atomic mass is 10.1. The SMILES string of the molecule is O=C(CCc1ccccc1)c1nc(Cc2ccccc2)c(N2CCOCC2)o1. The van der Waals surface area contributed by atoms with E-state index in [4.69, 9.17) is 9.15 Å². The number of aryl methyl sites for hydroxylation is 1. The fraction of sp³-hybridized carbons (Fsp3) is 0.304. The van der Waals surface area contributed by atoms with E-state index in [0.29, 0.717) is 38.4 Å². The molecule has 2 aromatic carbocycles. The minimum Gasteiger partial charge on any atom is -0.417 e. The van der Waals surface area contributed by atoms with E-state index in [-0.39, 0.29) is 11.7 Å². The standard InChI is InChI=1S/C23H24N2O3/c26-21(12-11-18-7-3-1-4-8-18)22-24-20(17-19-9-5-2-6-10-19)23(28-22)25-13-15-27-16-14-25/h1-10H,11-17H2. The quantitative estimate of drug-likeness (QED) is 0.585. The Bertz CT molecular complexity index is 900. The molecule has 1 aliphatic rings. The molecule has 0 unspecified atom stereocenters. The highest BCUT2D eigenvalue weighted by Gasteiger charge is 2.24. The number of ketones is 1. The Hall–Kier alpha value is -2.92. The Morgan fingerprint density at radius 3 is 2.25 bits per heavy atom. The summed E-state index contributed by atoms with van der Waals surface area (Å²) in [7, 11) is 0. The predicted molar refractivity (Wildman–Crippen MR) is 108 cm³/mol. The Balaban J connectivity index is 1.54. The van der Waals surface area contributed by atoms with Crippen molar-refractivity contribution in [2.24, 2.45) is 0 Å². The number of aromatic nitrogens is 1. The number of hydrogen-bond donors (Lipinski definition) is 0. The van der Waals surface area contributed by atoms with Gasteiger partial charge in [0.1, 0.15) is 5.69 Å². The van der Waals surface area contributed by atoms with Crippen molar-refractivity contribution < 1.29 is 13.9 Å². The first kappa shape index (κ1) is 18.4. The molecule has 0 aliphatic carbocycles. The summed E-state index contributed by atoms with van der Waals surface area (Å²) in [5.74, 6) is 0.858. The number of ether oxygens (including phenoxy) is 1. The van der Waals surface area contributed by atoms with Crippen LogP contribution < -0.4 is 4.90 Å². The lowest BCUT2D eigenvalue weighted by Gasteiger charge is -2.26. The first-order valence-electron chi connectivity index (χ1n) is 9.73. The van der Waals surface area contributed by atoms with E-state index in [9.17, 15) is 4.79 Å². The number of nitrogens with zero attached hydrogens (tertiary/aromatic N) is 2. The predicted octanol–water partition coefficient (Wildman–Crippen LogP) is 3.92. The van der Waals surface area contributed by atoms with Crippen LogP contribution in [0.4, 0.5) is 5.88 Å². The maximum Gasteiger partial charge on any atom is 0.265 e. The summed E-state index contributed by atoms with van der Waals surface area (Å²) in [6.45, 7) is 2.80. The van der Waals surface area contributed by atoms with Crippen molar-refractivity contribution in [3.05, 3.63) is 83.4 Å². The van der Waals surface area contributed by atoms with E-state index in [1.807, 2.05) is 48.5 Å². The Morgan fingerprint density at radius 2 is 1.57 bits per heavy atom. The van der Waals surface area contributed by atoms with Crippen LogP contribution in [0.3, 0.4) is 0 Å². The highest BCUT2D eigenvalue weighted by atomic mass is 16.5. The summed E-state index contributed by atoms with van der Waals surface area (Å²) in [6, 6.07) is 20.1. The lowest BCUT2D eigenvalue weighted by Crippen LogP contribution is -2.36. The number of Topliss-reactive ketones (excluding diaryl/α,β-unsaturated/α-hetero) is 1. The molecule has 0 radical (unpaired) electrons. The number of morpholine rings is 1. The van der Waals surface area contributed by atoms with Crippen LogP contribution in [0.2, 0.25) is 0 Å². The molecule has 0 amide bonds. The number of anilines is 1. The number of oxazole rings is 1. The van der Waals surface area contributed by atoms with Gasteiger partial charge < -0.3 is 14.1 Å². The molecule has 4 rings (SSSR count). The average molecular weight is 376 g/mol. The molecule has 1 fully saturated rings. The van der Waals surface area contributed by atoms with Gasteiger partial charge in [-0.3, -0.25) is 4.79 Å². The molecule has 0 bridgehead atoms. The number of benzene rings is 2. The number of rotatable bonds is 7. The van der Waals surface area contributed by atoms with Gasteiger partial charge in [-0.05, 0) is 17.5 Å². The van der Waals surface area contributed by atoms with E-state index in [2.05, 4.69) is 22.0 Å². The molecule has 0 N–H and O–H groups in total. The van der Waals surface area contributed by atoms with Gasteiger partial charge in [-0.25, -0.2) is 4.98 Å². The Morgan fingerprint density at radius 1 is 0.929 bits per heavy atom. The minimum absolute atomic E-state index is 0.0577. The van der Waals surface area contributed by atoms with Gasteiger partial charge in [0.05, 0.1) is 13.2 Å². The molecule has 3 aromatic rings. The van der Waals surface area contributed by atoms with Gasteiger partial charge in [0.25, 0.3) is 5.89 Å². The smallest absolute Gasteiger partial charge is 0.265 e. The third-order valence-corrected chi connectivity index (χ3v) is 4.91. The van der Waals surface area contributed by atoms with Crippen LogP contribution in [0.1, 0.15) is 33.9 Å². The normalized spacial score (nSPS) is 14.2. The zero-order valence-corrected chi connectivity index (χ0v) is 15.8. The van der Waals surface area contributed by atoms with Gasteiger partial charge >= 0.3 is 0 Å². The second-order valence-corrected chi connectivity index (χ2v) is 6.94. The molecule has 0 saturated carbocycles. The van der Waals surface area contributed by atoms with Crippen molar-refractivity contribution in [1.82, 2.24) is 4.98 Å². The second-order valence-electron chi connectivity index (χ2n) is 6.94. The molecule has 1 saturated heterocycles. The molecule has 2 heterocycles. The molecule has 28 heavy (non-hydrogen) atoms. The van der Waals surface area contributed by atoms with Gasteiger partial charge in [-0.15, -0.1) is 0 Å². The fourth-order valence-electron chi connectivity index (χ4n) is 3.39. The van der Waals surface area contributed by atoms with Crippen molar-refractivity contribution in [3.8, 4) is 0 Å². The van der Waals surface area contributed by atoms with Crippen molar-refractivity contribution in [1.29, 1.82) is 0 Å². The maximum atomic E-state index is 12.7. The first-order valence-corrected chi connectivity index (χ1v) is 9.73. The van der Waals surface area contributed by atoms with Crippen molar-refractivity contribution >= 4 is 11.7 Å². The Labute approximate surface area is 165 Å². The van der Waals surface area contributed by atoms with Gasteiger partial charge in [0, 0.05) is 25.9 Å². The number of carbonyl (C=O) groups excluding carboxylic acids is 1. The van der Waals surface area contributed by atoms with E-state index >= 15 is 0 Å². The third-order valence-electron chi connectivity index (χ3n) is 4.91. The average Bonchev–Trinajstić information content (AvgIpc) is 3.18. The van der Waals surface area contributed by atoms with Gasteiger partial charge in [0.2, 0.25) is 11.7 Å². The van der Waals surface area contributed by atoms with E-state index in [0.717, 1.165) is 29.9 Å². The molecule has 1 aliphatic heterocycles. The third kappa shape index (κ3) is 4.49. The Kier molecular flexibility index (Phi) is 5.83.